The summed E-state index contributed by atoms with van der Waals surface area (Å²) in [6.07, 6.45) is 3.24. The summed E-state index contributed by atoms with van der Waals surface area (Å²) in [5.41, 5.74) is 0. The van der Waals surface area contributed by atoms with Gasteiger partial charge in [-0.05, 0) is 45.8 Å². The van der Waals surface area contributed by atoms with Crippen LogP contribution in [0.1, 0.15) is 32.6 Å². The van der Waals surface area contributed by atoms with Crippen LogP contribution in [-0.2, 0) is 9.59 Å². The number of rotatable bonds is 7. The molecule has 0 aliphatic heterocycles. The lowest BCUT2D eigenvalue weighted by atomic mass is 9.95. The van der Waals surface area contributed by atoms with Gasteiger partial charge in [0, 0.05) is 13.6 Å². The lowest BCUT2D eigenvalue weighted by Gasteiger charge is -2.24. The van der Waals surface area contributed by atoms with Crippen LogP contribution in [0.2, 0.25) is 0 Å². The van der Waals surface area contributed by atoms with Gasteiger partial charge < -0.3 is 14.9 Å². The van der Waals surface area contributed by atoms with Crippen LogP contribution in [0, 0.1) is 17.8 Å². The minimum absolute atomic E-state index is 0.00658. The van der Waals surface area contributed by atoms with Gasteiger partial charge in [-0.1, -0.05) is 13.3 Å². The second-order valence-electron chi connectivity index (χ2n) is 6.21. The number of hydrogen-bond donors (Lipinski definition) is 1. The van der Waals surface area contributed by atoms with Gasteiger partial charge in [0.2, 0.25) is 5.91 Å². The zero-order chi connectivity index (χ0) is 15.3. The summed E-state index contributed by atoms with van der Waals surface area (Å²) in [5, 5.41) is 9.30. The molecule has 0 aromatic rings. The molecule has 1 unspecified atom stereocenters. The SMILES string of the molecule is CCC1C[C@H](C(=O)N(C)CCCN(C)C)[C@H](C(=O)O)C1. The molecule has 1 saturated carbocycles. The number of carbonyl (C=O) groups is 2. The molecule has 1 aliphatic rings. The van der Waals surface area contributed by atoms with E-state index in [4.69, 9.17) is 0 Å². The number of carboxylic acids is 1. The quantitative estimate of drug-likeness (QED) is 0.770. The van der Waals surface area contributed by atoms with E-state index >= 15 is 0 Å². The van der Waals surface area contributed by atoms with Crippen LogP contribution in [-0.4, -0.2) is 61.0 Å². The first kappa shape index (κ1) is 17.0. The first-order chi connectivity index (χ1) is 9.36. The Labute approximate surface area is 121 Å². The molecule has 1 aliphatic carbocycles. The molecule has 1 rings (SSSR count). The second kappa shape index (κ2) is 7.62. The molecule has 0 spiro atoms. The second-order valence-corrected chi connectivity index (χ2v) is 6.21. The van der Waals surface area contributed by atoms with Crippen molar-refractivity contribution in [2.24, 2.45) is 17.8 Å². The number of hydrogen-bond acceptors (Lipinski definition) is 3. The maximum absolute atomic E-state index is 12.4. The van der Waals surface area contributed by atoms with E-state index in [0.29, 0.717) is 18.9 Å². The van der Waals surface area contributed by atoms with Crippen LogP contribution in [0.3, 0.4) is 0 Å². The van der Waals surface area contributed by atoms with Gasteiger partial charge in [0.15, 0.2) is 0 Å². The highest BCUT2D eigenvalue weighted by Crippen LogP contribution is 2.39. The van der Waals surface area contributed by atoms with E-state index in [1.807, 2.05) is 14.1 Å². The van der Waals surface area contributed by atoms with Gasteiger partial charge in [-0.3, -0.25) is 9.59 Å². The van der Waals surface area contributed by atoms with Crippen molar-refractivity contribution in [1.82, 2.24) is 9.80 Å². The zero-order valence-electron chi connectivity index (χ0n) is 13.1. The normalized spacial score (nSPS) is 25.9. The Morgan fingerprint density at radius 3 is 2.20 bits per heavy atom. The van der Waals surface area contributed by atoms with E-state index in [1.54, 1.807) is 11.9 Å². The molecule has 116 valence electrons. The maximum Gasteiger partial charge on any atom is 0.307 e. The van der Waals surface area contributed by atoms with E-state index in [2.05, 4.69) is 11.8 Å². The summed E-state index contributed by atoms with van der Waals surface area (Å²) in [4.78, 5) is 27.6. The predicted molar refractivity (Wildman–Crippen MR) is 78.4 cm³/mol. The van der Waals surface area contributed by atoms with Gasteiger partial charge in [-0.15, -0.1) is 0 Å². The van der Waals surface area contributed by atoms with E-state index in [0.717, 1.165) is 25.8 Å². The molecule has 20 heavy (non-hydrogen) atoms. The molecule has 1 N–H and O–H groups in total. The van der Waals surface area contributed by atoms with Crippen molar-refractivity contribution in [3.05, 3.63) is 0 Å². The molecule has 0 heterocycles. The Hall–Kier alpha value is -1.10. The zero-order valence-corrected chi connectivity index (χ0v) is 13.1. The molecule has 0 saturated heterocycles. The van der Waals surface area contributed by atoms with Gasteiger partial charge in [-0.25, -0.2) is 0 Å². The summed E-state index contributed by atoms with van der Waals surface area (Å²) in [6.45, 7) is 3.69. The van der Waals surface area contributed by atoms with Crippen molar-refractivity contribution in [3.8, 4) is 0 Å². The molecule has 5 heteroatoms. The van der Waals surface area contributed by atoms with Crippen LogP contribution in [0.25, 0.3) is 0 Å². The smallest absolute Gasteiger partial charge is 0.307 e. The van der Waals surface area contributed by atoms with Crippen molar-refractivity contribution in [2.45, 2.75) is 32.6 Å². The number of carbonyl (C=O) groups excluding carboxylic acids is 1. The van der Waals surface area contributed by atoms with Crippen molar-refractivity contribution in [2.75, 3.05) is 34.2 Å². The topological polar surface area (TPSA) is 60.9 Å². The highest BCUT2D eigenvalue weighted by Gasteiger charge is 2.42. The molecule has 0 bridgehead atoms. The molecule has 0 radical (unpaired) electrons. The van der Waals surface area contributed by atoms with Crippen LogP contribution in [0.4, 0.5) is 0 Å². The average molecular weight is 284 g/mol. The fourth-order valence-electron chi connectivity index (χ4n) is 3.04. The third kappa shape index (κ3) is 4.47. The Bertz CT molecular complexity index is 344. The molecule has 5 nitrogen and oxygen atoms in total. The summed E-state index contributed by atoms with van der Waals surface area (Å²) >= 11 is 0. The van der Waals surface area contributed by atoms with Crippen LogP contribution < -0.4 is 0 Å². The van der Waals surface area contributed by atoms with E-state index in [1.165, 1.54) is 0 Å². The highest BCUT2D eigenvalue weighted by molar-refractivity contribution is 5.85. The Balaban J connectivity index is 2.57. The summed E-state index contributed by atoms with van der Waals surface area (Å²) in [6, 6.07) is 0. The first-order valence-electron chi connectivity index (χ1n) is 7.49. The standard InChI is InChI=1S/C15H28N2O3/c1-5-11-9-12(13(10-11)15(19)20)14(18)17(4)8-6-7-16(2)3/h11-13H,5-10H2,1-4H3,(H,19,20)/t11?,12-,13+/m0/s1. The number of amides is 1. The summed E-state index contributed by atoms with van der Waals surface area (Å²) in [5.74, 6) is -1.26. The van der Waals surface area contributed by atoms with Gasteiger partial charge >= 0.3 is 5.97 Å². The van der Waals surface area contributed by atoms with Gasteiger partial charge in [0.05, 0.1) is 11.8 Å². The number of nitrogens with zero attached hydrogens (tertiary/aromatic N) is 2. The lowest BCUT2D eigenvalue weighted by Crippen LogP contribution is -2.38. The first-order valence-corrected chi connectivity index (χ1v) is 7.49. The highest BCUT2D eigenvalue weighted by atomic mass is 16.4. The summed E-state index contributed by atoms with van der Waals surface area (Å²) in [7, 11) is 5.80. The third-order valence-corrected chi connectivity index (χ3v) is 4.35. The molecule has 1 fully saturated rings. The van der Waals surface area contributed by atoms with Crippen molar-refractivity contribution in [1.29, 1.82) is 0 Å². The monoisotopic (exact) mass is 284 g/mol. The fraction of sp³-hybridized carbons (Fsp3) is 0.867. The van der Waals surface area contributed by atoms with Gasteiger partial charge in [0.25, 0.3) is 0 Å². The Morgan fingerprint density at radius 2 is 1.70 bits per heavy atom. The minimum atomic E-state index is -0.819. The van der Waals surface area contributed by atoms with Crippen LogP contribution in [0.15, 0.2) is 0 Å². The largest absolute Gasteiger partial charge is 0.481 e. The summed E-state index contributed by atoms with van der Waals surface area (Å²) < 4.78 is 0. The van der Waals surface area contributed by atoms with Crippen molar-refractivity contribution >= 4 is 11.9 Å². The van der Waals surface area contributed by atoms with Gasteiger partial charge in [0.1, 0.15) is 0 Å². The maximum atomic E-state index is 12.4. The fourth-order valence-corrected chi connectivity index (χ4v) is 3.04. The van der Waals surface area contributed by atoms with E-state index in [-0.39, 0.29) is 11.8 Å². The molecule has 0 aromatic heterocycles. The molecular formula is C15H28N2O3. The Kier molecular flexibility index (Phi) is 6.46. The minimum Gasteiger partial charge on any atom is -0.481 e. The molecule has 0 aromatic carbocycles. The molecule has 1 amide bonds. The number of carboxylic acid groups (broad SMARTS) is 1. The Morgan fingerprint density at radius 1 is 1.10 bits per heavy atom. The predicted octanol–water partition coefficient (Wildman–Crippen LogP) is 1.53. The lowest BCUT2D eigenvalue weighted by molar-refractivity contribution is -0.148. The average Bonchev–Trinajstić information content (AvgIpc) is 2.81. The van der Waals surface area contributed by atoms with Crippen molar-refractivity contribution in [3.63, 3.8) is 0 Å². The van der Waals surface area contributed by atoms with Gasteiger partial charge in [-0.2, -0.15) is 0 Å². The van der Waals surface area contributed by atoms with Crippen LogP contribution in [0.5, 0.6) is 0 Å². The molecule has 3 atom stereocenters. The van der Waals surface area contributed by atoms with E-state index in [9.17, 15) is 14.7 Å². The van der Waals surface area contributed by atoms with Crippen LogP contribution >= 0.6 is 0 Å². The molecular weight excluding hydrogens is 256 g/mol. The van der Waals surface area contributed by atoms with Crippen molar-refractivity contribution < 1.29 is 14.7 Å². The number of aliphatic carboxylic acids is 1. The third-order valence-electron chi connectivity index (χ3n) is 4.35. The van der Waals surface area contributed by atoms with E-state index < -0.39 is 11.9 Å².